The maximum atomic E-state index is 5.19. The molecule has 0 aliphatic carbocycles. The van der Waals surface area contributed by atoms with Crippen LogP contribution in [0.4, 0.5) is 0 Å². The highest BCUT2D eigenvalue weighted by Crippen LogP contribution is 2.15. The van der Waals surface area contributed by atoms with Gasteiger partial charge in [0.1, 0.15) is 0 Å². The Kier molecular flexibility index (Phi) is 5.87. The first-order valence-electron chi connectivity index (χ1n) is 7.49. The summed E-state index contributed by atoms with van der Waals surface area (Å²) in [6.07, 6.45) is 5.80. The van der Waals surface area contributed by atoms with Crippen LogP contribution >= 0.6 is 0 Å². The van der Waals surface area contributed by atoms with Crippen LogP contribution in [-0.2, 0) is 12.8 Å². The summed E-state index contributed by atoms with van der Waals surface area (Å²) in [7, 11) is 0. The van der Waals surface area contributed by atoms with Gasteiger partial charge in [-0.25, -0.2) is 0 Å². The van der Waals surface area contributed by atoms with Gasteiger partial charge in [0.2, 0.25) is 0 Å². The second-order valence-electron chi connectivity index (χ2n) is 5.94. The lowest BCUT2D eigenvalue weighted by atomic mass is 9.93. The molecular weight excluding hydrogens is 246 g/mol. The van der Waals surface area contributed by atoms with E-state index in [1.807, 2.05) is 6.26 Å². The molecule has 1 atom stereocenters. The highest BCUT2D eigenvalue weighted by molar-refractivity contribution is 5.16. The van der Waals surface area contributed by atoms with Gasteiger partial charge in [-0.15, -0.1) is 0 Å². The Hall–Kier alpha value is -1.54. The summed E-state index contributed by atoms with van der Waals surface area (Å²) in [6, 6.07) is 12.8. The molecule has 0 saturated heterocycles. The third-order valence-corrected chi connectivity index (χ3v) is 3.46. The lowest BCUT2D eigenvalue weighted by Crippen LogP contribution is -2.28. The predicted octanol–water partition coefficient (Wildman–Crippen LogP) is 3.93. The second kappa shape index (κ2) is 7.91. The Balaban J connectivity index is 1.92. The zero-order chi connectivity index (χ0) is 14.2. The maximum Gasteiger partial charge on any atom is 0.0934 e. The van der Waals surface area contributed by atoms with Gasteiger partial charge in [0, 0.05) is 0 Å². The fraction of sp³-hybridized carbons (Fsp3) is 0.444. The first-order valence-corrected chi connectivity index (χ1v) is 7.49. The Bertz CT molecular complexity index is 461. The first kappa shape index (κ1) is 14.9. The zero-order valence-corrected chi connectivity index (χ0v) is 12.5. The summed E-state index contributed by atoms with van der Waals surface area (Å²) in [6.45, 7) is 6.62. The lowest BCUT2D eigenvalue weighted by Gasteiger charge is -2.18. The molecular formula is C18H25NO. The molecule has 0 aliphatic heterocycles. The first-order chi connectivity index (χ1) is 9.74. The predicted molar refractivity (Wildman–Crippen MR) is 83.8 cm³/mol. The minimum atomic E-state index is 0.605. The zero-order valence-electron chi connectivity index (χ0n) is 12.5. The summed E-state index contributed by atoms with van der Waals surface area (Å²) in [4.78, 5) is 0. The fourth-order valence-electron chi connectivity index (χ4n) is 2.48. The molecule has 108 valence electrons. The van der Waals surface area contributed by atoms with Crippen LogP contribution in [0.3, 0.4) is 0 Å². The number of hydrogen-bond donors (Lipinski definition) is 1. The van der Waals surface area contributed by atoms with Crippen LogP contribution in [0.1, 0.15) is 25.0 Å². The van der Waals surface area contributed by atoms with Gasteiger partial charge < -0.3 is 9.73 Å². The van der Waals surface area contributed by atoms with Crippen molar-refractivity contribution in [1.82, 2.24) is 5.32 Å². The van der Waals surface area contributed by atoms with E-state index >= 15 is 0 Å². The molecule has 1 N–H and O–H groups in total. The van der Waals surface area contributed by atoms with Crippen LogP contribution in [0.2, 0.25) is 0 Å². The average Bonchev–Trinajstić information content (AvgIpc) is 2.92. The van der Waals surface area contributed by atoms with Gasteiger partial charge in [-0.2, -0.15) is 0 Å². The molecule has 0 bridgehead atoms. The van der Waals surface area contributed by atoms with E-state index in [1.54, 1.807) is 6.26 Å². The molecule has 1 aromatic heterocycles. The molecule has 2 heteroatoms. The van der Waals surface area contributed by atoms with Crippen LogP contribution in [0.5, 0.6) is 0 Å². The van der Waals surface area contributed by atoms with Crippen molar-refractivity contribution >= 4 is 0 Å². The van der Waals surface area contributed by atoms with Gasteiger partial charge in [0.15, 0.2) is 0 Å². The minimum Gasteiger partial charge on any atom is -0.472 e. The monoisotopic (exact) mass is 271 g/mol. The van der Waals surface area contributed by atoms with Crippen LogP contribution < -0.4 is 5.32 Å². The highest BCUT2D eigenvalue weighted by atomic mass is 16.3. The molecule has 2 rings (SSSR count). The van der Waals surface area contributed by atoms with Crippen molar-refractivity contribution in [2.24, 2.45) is 11.8 Å². The van der Waals surface area contributed by atoms with E-state index in [0.717, 1.165) is 25.9 Å². The van der Waals surface area contributed by atoms with Gasteiger partial charge in [-0.1, -0.05) is 44.2 Å². The molecule has 1 heterocycles. The summed E-state index contributed by atoms with van der Waals surface area (Å²) in [5, 5.41) is 3.59. The van der Waals surface area contributed by atoms with E-state index in [4.69, 9.17) is 4.42 Å². The summed E-state index contributed by atoms with van der Waals surface area (Å²) >= 11 is 0. The van der Waals surface area contributed by atoms with Crippen LogP contribution in [0.15, 0.2) is 53.3 Å². The Morgan fingerprint density at radius 1 is 0.950 bits per heavy atom. The quantitative estimate of drug-likeness (QED) is 0.787. The molecule has 1 unspecified atom stereocenters. The normalized spacial score (nSPS) is 12.8. The molecule has 2 aromatic rings. The highest BCUT2D eigenvalue weighted by Gasteiger charge is 2.11. The molecule has 0 saturated carbocycles. The van der Waals surface area contributed by atoms with Crippen molar-refractivity contribution in [1.29, 1.82) is 0 Å². The van der Waals surface area contributed by atoms with Crippen molar-refractivity contribution < 1.29 is 4.42 Å². The number of rotatable bonds is 8. The van der Waals surface area contributed by atoms with E-state index in [2.05, 4.69) is 55.6 Å². The average molecular weight is 271 g/mol. The Morgan fingerprint density at radius 2 is 1.70 bits per heavy atom. The topological polar surface area (TPSA) is 25.2 Å². The largest absolute Gasteiger partial charge is 0.472 e. The number of nitrogens with one attached hydrogen (secondary N) is 1. The third kappa shape index (κ3) is 5.22. The Morgan fingerprint density at radius 3 is 2.35 bits per heavy atom. The molecule has 0 amide bonds. The van der Waals surface area contributed by atoms with Gasteiger partial charge in [0.05, 0.1) is 12.5 Å². The molecule has 20 heavy (non-hydrogen) atoms. The van der Waals surface area contributed by atoms with Crippen LogP contribution in [-0.4, -0.2) is 13.1 Å². The van der Waals surface area contributed by atoms with E-state index in [0.29, 0.717) is 11.8 Å². The van der Waals surface area contributed by atoms with Crippen molar-refractivity contribution in [2.45, 2.75) is 26.7 Å². The maximum absolute atomic E-state index is 5.19. The SMILES string of the molecule is CC(C)CNCC(Cc1ccccc1)Cc1ccoc1. The summed E-state index contributed by atoms with van der Waals surface area (Å²) in [5.41, 5.74) is 2.70. The van der Waals surface area contributed by atoms with Crippen molar-refractivity contribution in [2.75, 3.05) is 13.1 Å². The standard InChI is InChI=1S/C18H25NO/c1-15(2)12-19-13-18(11-17-8-9-20-14-17)10-16-6-4-3-5-7-16/h3-9,14-15,18-19H,10-13H2,1-2H3. The van der Waals surface area contributed by atoms with Crippen molar-refractivity contribution in [3.63, 3.8) is 0 Å². The third-order valence-electron chi connectivity index (χ3n) is 3.46. The molecule has 2 nitrogen and oxygen atoms in total. The number of benzene rings is 1. The van der Waals surface area contributed by atoms with Crippen LogP contribution in [0, 0.1) is 11.8 Å². The van der Waals surface area contributed by atoms with Crippen molar-refractivity contribution in [3.05, 3.63) is 60.1 Å². The van der Waals surface area contributed by atoms with E-state index < -0.39 is 0 Å². The fourth-order valence-corrected chi connectivity index (χ4v) is 2.48. The van der Waals surface area contributed by atoms with Crippen LogP contribution in [0.25, 0.3) is 0 Å². The van der Waals surface area contributed by atoms with Gasteiger partial charge in [0.25, 0.3) is 0 Å². The molecule has 0 fully saturated rings. The molecule has 1 aromatic carbocycles. The minimum absolute atomic E-state index is 0.605. The Labute approximate surface area is 122 Å². The second-order valence-corrected chi connectivity index (χ2v) is 5.94. The van der Waals surface area contributed by atoms with E-state index in [9.17, 15) is 0 Å². The van der Waals surface area contributed by atoms with Gasteiger partial charge >= 0.3 is 0 Å². The molecule has 0 aliphatic rings. The lowest BCUT2D eigenvalue weighted by molar-refractivity contribution is 0.443. The number of furan rings is 1. The molecule has 0 radical (unpaired) electrons. The van der Waals surface area contributed by atoms with E-state index in [1.165, 1.54) is 11.1 Å². The van der Waals surface area contributed by atoms with Gasteiger partial charge in [-0.3, -0.25) is 0 Å². The summed E-state index contributed by atoms with van der Waals surface area (Å²) in [5.74, 6) is 1.30. The van der Waals surface area contributed by atoms with Gasteiger partial charge in [-0.05, 0) is 55.0 Å². The molecule has 0 spiro atoms. The number of hydrogen-bond acceptors (Lipinski definition) is 2. The van der Waals surface area contributed by atoms with E-state index in [-0.39, 0.29) is 0 Å². The smallest absolute Gasteiger partial charge is 0.0934 e. The summed E-state index contributed by atoms with van der Waals surface area (Å²) < 4.78 is 5.19. The van der Waals surface area contributed by atoms with Crippen molar-refractivity contribution in [3.8, 4) is 0 Å².